The maximum atomic E-state index is 13.0. The summed E-state index contributed by atoms with van der Waals surface area (Å²) in [6.45, 7) is 5.03. The van der Waals surface area contributed by atoms with Crippen LogP contribution in [-0.4, -0.2) is 22.0 Å². The smallest absolute Gasteiger partial charge is 0.354 e. The van der Waals surface area contributed by atoms with Crippen LogP contribution in [0.25, 0.3) is 10.9 Å². The maximum absolute atomic E-state index is 13.0. The van der Waals surface area contributed by atoms with Gasteiger partial charge in [0.25, 0.3) is 5.56 Å². The zero-order valence-electron chi connectivity index (χ0n) is 16.9. The fourth-order valence-corrected chi connectivity index (χ4v) is 3.20. The Bertz CT molecular complexity index is 1150. The van der Waals surface area contributed by atoms with Gasteiger partial charge in [-0.15, -0.1) is 0 Å². The van der Waals surface area contributed by atoms with Gasteiger partial charge in [-0.25, -0.2) is 4.98 Å². The maximum Gasteiger partial charge on any atom is 0.416 e. The van der Waals surface area contributed by atoms with E-state index in [0.717, 1.165) is 12.1 Å². The van der Waals surface area contributed by atoms with E-state index in [1.807, 2.05) is 0 Å². The molecule has 0 fully saturated rings. The highest BCUT2D eigenvalue weighted by molar-refractivity contribution is 5.79. The third kappa shape index (κ3) is 4.53. The summed E-state index contributed by atoms with van der Waals surface area (Å²) in [7, 11) is 0. The van der Waals surface area contributed by atoms with E-state index >= 15 is 0 Å². The number of nitrogens with zero attached hydrogens (tertiary/aromatic N) is 2. The van der Waals surface area contributed by atoms with Crippen LogP contribution in [0.5, 0.6) is 0 Å². The second kappa shape index (κ2) is 7.93. The first-order valence-electron chi connectivity index (χ1n) is 9.40. The Labute approximate surface area is 171 Å². The number of aromatic nitrogens is 2. The number of aryl methyl sites for hydroxylation is 1. The molecule has 2 aromatic carbocycles. The summed E-state index contributed by atoms with van der Waals surface area (Å²) in [5, 5.41) is 3.14. The number of rotatable bonds is 5. The number of para-hydroxylation sites is 1. The first-order chi connectivity index (χ1) is 14.0. The lowest BCUT2D eigenvalue weighted by molar-refractivity contribution is -0.137. The highest BCUT2D eigenvalue weighted by atomic mass is 19.4. The fraction of sp³-hybridized carbons (Fsp3) is 0.318. The highest BCUT2D eigenvalue weighted by Gasteiger charge is 2.32. The van der Waals surface area contributed by atoms with Crippen LogP contribution < -0.4 is 10.9 Å². The molecule has 0 atom stereocenters. The fourth-order valence-electron chi connectivity index (χ4n) is 3.20. The summed E-state index contributed by atoms with van der Waals surface area (Å²) >= 11 is 0. The first kappa shape index (κ1) is 21.5. The van der Waals surface area contributed by atoms with Gasteiger partial charge in [0, 0.05) is 12.0 Å². The van der Waals surface area contributed by atoms with Crippen molar-refractivity contribution < 1.29 is 18.0 Å². The largest absolute Gasteiger partial charge is 0.416 e. The van der Waals surface area contributed by atoms with E-state index < -0.39 is 23.1 Å². The molecule has 3 rings (SSSR count). The number of fused-ring (bicyclic) bond motifs is 1. The Morgan fingerprint density at radius 3 is 2.43 bits per heavy atom. The standard InChI is InChI=1S/C22H22F3N3O2/c1-14-27-18-10-5-4-9-17(18)20(30)28(14)12-19(29)26-13-21(2,3)15-7-6-8-16(11-15)22(23,24)25/h4-11H,12-13H2,1-3H3,(H,26,29). The summed E-state index contributed by atoms with van der Waals surface area (Å²) in [4.78, 5) is 29.5. The van der Waals surface area contributed by atoms with Crippen molar-refractivity contribution in [2.45, 2.75) is 38.9 Å². The second-order valence-electron chi connectivity index (χ2n) is 7.81. The molecule has 0 aliphatic carbocycles. The third-order valence-electron chi connectivity index (χ3n) is 5.05. The van der Waals surface area contributed by atoms with E-state index in [1.165, 1.54) is 10.6 Å². The number of carbonyl (C=O) groups excluding carboxylic acids is 1. The normalized spacial score (nSPS) is 12.2. The summed E-state index contributed by atoms with van der Waals surface area (Å²) in [6, 6.07) is 11.9. The molecule has 1 N–H and O–H groups in total. The average Bonchev–Trinajstić information content (AvgIpc) is 2.69. The zero-order chi connectivity index (χ0) is 22.1. The van der Waals surface area contributed by atoms with Crippen molar-refractivity contribution in [2.75, 3.05) is 6.54 Å². The van der Waals surface area contributed by atoms with Crippen LogP contribution in [0.3, 0.4) is 0 Å². The highest BCUT2D eigenvalue weighted by Crippen LogP contribution is 2.32. The van der Waals surface area contributed by atoms with Crippen molar-refractivity contribution >= 4 is 16.8 Å². The van der Waals surface area contributed by atoms with E-state index in [0.29, 0.717) is 22.3 Å². The molecule has 0 saturated carbocycles. The lowest BCUT2D eigenvalue weighted by Crippen LogP contribution is -2.40. The van der Waals surface area contributed by atoms with Crippen molar-refractivity contribution in [2.24, 2.45) is 0 Å². The van der Waals surface area contributed by atoms with Gasteiger partial charge in [0.1, 0.15) is 12.4 Å². The first-order valence-corrected chi connectivity index (χ1v) is 9.40. The number of hydrogen-bond donors (Lipinski definition) is 1. The van der Waals surface area contributed by atoms with Crippen LogP contribution in [0.2, 0.25) is 0 Å². The Hall–Kier alpha value is -3.16. The molecule has 0 bridgehead atoms. The van der Waals surface area contributed by atoms with Crippen LogP contribution in [0.15, 0.2) is 53.3 Å². The molecular formula is C22H22F3N3O2. The summed E-state index contributed by atoms with van der Waals surface area (Å²) in [5.41, 5.74) is -0.770. The van der Waals surface area contributed by atoms with Crippen LogP contribution in [0.1, 0.15) is 30.8 Å². The van der Waals surface area contributed by atoms with Crippen molar-refractivity contribution in [3.05, 3.63) is 75.8 Å². The lowest BCUT2D eigenvalue weighted by Gasteiger charge is -2.26. The Morgan fingerprint density at radius 2 is 1.73 bits per heavy atom. The molecule has 0 spiro atoms. The molecule has 30 heavy (non-hydrogen) atoms. The molecule has 5 nitrogen and oxygen atoms in total. The summed E-state index contributed by atoms with van der Waals surface area (Å²) in [6.07, 6.45) is -4.43. The number of nitrogens with one attached hydrogen (secondary N) is 1. The van der Waals surface area contributed by atoms with E-state index in [1.54, 1.807) is 51.1 Å². The predicted octanol–water partition coefficient (Wildman–Crippen LogP) is 3.82. The van der Waals surface area contributed by atoms with Crippen molar-refractivity contribution in [1.82, 2.24) is 14.9 Å². The predicted molar refractivity (Wildman–Crippen MR) is 108 cm³/mol. The van der Waals surface area contributed by atoms with Gasteiger partial charge in [0.2, 0.25) is 5.91 Å². The van der Waals surface area contributed by atoms with Crippen LogP contribution in [-0.2, 0) is 22.9 Å². The Morgan fingerprint density at radius 1 is 1.07 bits per heavy atom. The van der Waals surface area contributed by atoms with Crippen LogP contribution >= 0.6 is 0 Å². The van der Waals surface area contributed by atoms with Crippen molar-refractivity contribution in [1.29, 1.82) is 0 Å². The Balaban J connectivity index is 1.75. The summed E-state index contributed by atoms with van der Waals surface area (Å²) < 4.78 is 40.3. The van der Waals surface area contributed by atoms with E-state index in [9.17, 15) is 22.8 Å². The monoisotopic (exact) mass is 417 g/mol. The lowest BCUT2D eigenvalue weighted by atomic mass is 9.83. The minimum atomic E-state index is -4.43. The van der Waals surface area contributed by atoms with Gasteiger partial charge in [-0.3, -0.25) is 14.2 Å². The van der Waals surface area contributed by atoms with E-state index in [4.69, 9.17) is 0 Å². The molecule has 3 aromatic rings. The molecule has 1 heterocycles. The van der Waals surface area contributed by atoms with Gasteiger partial charge in [0.15, 0.2) is 0 Å². The van der Waals surface area contributed by atoms with Gasteiger partial charge < -0.3 is 5.32 Å². The van der Waals surface area contributed by atoms with Crippen LogP contribution in [0.4, 0.5) is 13.2 Å². The van der Waals surface area contributed by atoms with Gasteiger partial charge >= 0.3 is 6.18 Å². The molecule has 0 unspecified atom stereocenters. The number of alkyl halides is 3. The SMILES string of the molecule is Cc1nc2ccccc2c(=O)n1CC(=O)NCC(C)(C)c1cccc(C(F)(F)F)c1. The number of carbonyl (C=O) groups is 1. The minimum Gasteiger partial charge on any atom is -0.354 e. The minimum absolute atomic E-state index is 0.113. The molecule has 0 saturated heterocycles. The quantitative estimate of drug-likeness (QED) is 0.687. The van der Waals surface area contributed by atoms with Crippen molar-refractivity contribution in [3.8, 4) is 0 Å². The number of hydrogen-bond acceptors (Lipinski definition) is 3. The van der Waals surface area contributed by atoms with Gasteiger partial charge in [-0.2, -0.15) is 13.2 Å². The van der Waals surface area contributed by atoms with Crippen LogP contribution in [0, 0.1) is 6.92 Å². The number of halogens is 3. The molecule has 0 aliphatic heterocycles. The van der Waals surface area contributed by atoms with E-state index in [-0.39, 0.29) is 18.6 Å². The third-order valence-corrected chi connectivity index (χ3v) is 5.05. The molecule has 1 aromatic heterocycles. The number of benzene rings is 2. The van der Waals surface area contributed by atoms with Gasteiger partial charge in [0.05, 0.1) is 16.5 Å². The van der Waals surface area contributed by atoms with Gasteiger partial charge in [-0.05, 0) is 30.7 Å². The zero-order valence-corrected chi connectivity index (χ0v) is 16.9. The molecule has 158 valence electrons. The number of amides is 1. The molecule has 8 heteroatoms. The van der Waals surface area contributed by atoms with Crippen molar-refractivity contribution in [3.63, 3.8) is 0 Å². The molecular weight excluding hydrogens is 395 g/mol. The molecule has 0 radical (unpaired) electrons. The van der Waals surface area contributed by atoms with Gasteiger partial charge in [-0.1, -0.05) is 44.2 Å². The molecule has 1 amide bonds. The topological polar surface area (TPSA) is 64.0 Å². The second-order valence-corrected chi connectivity index (χ2v) is 7.81. The Kier molecular flexibility index (Phi) is 5.70. The average molecular weight is 417 g/mol. The van der Waals surface area contributed by atoms with E-state index in [2.05, 4.69) is 10.3 Å². The molecule has 0 aliphatic rings. The summed E-state index contributed by atoms with van der Waals surface area (Å²) in [5.74, 6) is -0.0108.